The Bertz CT molecular complexity index is 138. The highest BCUT2D eigenvalue weighted by Crippen LogP contribution is 2.06. The van der Waals surface area contributed by atoms with Gasteiger partial charge in [0, 0.05) is 0 Å². The zero-order valence-electron chi connectivity index (χ0n) is 8.04. The number of nitrogens with zero attached hydrogens (tertiary/aromatic N) is 1. The Hall–Kier alpha value is -0.590. The zero-order valence-corrected chi connectivity index (χ0v) is 8.04. The molecule has 0 aromatic carbocycles. The lowest BCUT2D eigenvalue weighted by Gasteiger charge is -2.14. The predicted octanol–water partition coefficient (Wildman–Crippen LogP) is 2.43. The van der Waals surface area contributed by atoms with Gasteiger partial charge >= 0.3 is 0 Å². The van der Waals surface area contributed by atoms with Crippen molar-refractivity contribution in [3.05, 3.63) is 0 Å². The van der Waals surface area contributed by atoms with Crippen LogP contribution in [0.2, 0.25) is 0 Å². The minimum absolute atomic E-state index is 0.118. The lowest BCUT2D eigenvalue weighted by molar-refractivity contribution is -0.341. The molecule has 0 amide bonds. The number of hydrogen-bond acceptors (Lipinski definition) is 3. The molecule has 0 aromatic heterocycles. The maximum Gasteiger partial charge on any atom is 0.178 e. The molecule has 0 saturated heterocycles. The first-order valence-corrected chi connectivity index (χ1v) is 4.50. The number of hydrogen-bond donors (Lipinski definition) is 0. The quantitative estimate of drug-likeness (QED) is 0.455. The van der Waals surface area contributed by atoms with Crippen molar-refractivity contribution in [1.29, 1.82) is 5.26 Å². The smallest absolute Gasteiger partial charge is 0.178 e. The Morgan fingerprint density at radius 1 is 1.08 bits per heavy atom. The fourth-order valence-corrected chi connectivity index (χ4v) is 0.751. The molecule has 0 spiro atoms. The second-order valence-electron chi connectivity index (χ2n) is 2.66. The summed E-state index contributed by atoms with van der Waals surface area (Å²) in [5, 5.41) is 8.53. The van der Waals surface area contributed by atoms with Crippen molar-refractivity contribution in [2.45, 2.75) is 52.2 Å². The van der Waals surface area contributed by atoms with E-state index in [0.29, 0.717) is 6.42 Å². The first-order valence-electron chi connectivity index (χ1n) is 4.50. The fourth-order valence-electron chi connectivity index (χ4n) is 0.751. The molecule has 0 saturated carbocycles. The third-order valence-corrected chi connectivity index (χ3v) is 1.73. The van der Waals surface area contributed by atoms with Crippen LogP contribution in [0.5, 0.6) is 0 Å². The van der Waals surface area contributed by atoms with Crippen LogP contribution >= 0.6 is 0 Å². The molecule has 3 nitrogen and oxygen atoms in total. The largest absolute Gasteiger partial charge is 0.232 e. The maximum absolute atomic E-state index is 8.53. The molecule has 0 aromatic rings. The van der Waals surface area contributed by atoms with Crippen LogP contribution < -0.4 is 0 Å². The second kappa shape index (κ2) is 7.08. The molecule has 0 fully saturated rings. The molecule has 0 radical (unpaired) electrons. The van der Waals surface area contributed by atoms with Crippen molar-refractivity contribution < 1.29 is 9.78 Å². The van der Waals surface area contributed by atoms with E-state index in [1.165, 1.54) is 0 Å². The van der Waals surface area contributed by atoms with Gasteiger partial charge in [0.2, 0.25) is 0 Å². The Morgan fingerprint density at radius 3 is 2.00 bits per heavy atom. The zero-order chi connectivity index (χ0) is 9.40. The highest BCUT2D eigenvalue weighted by molar-refractivity contribution is 4.81. The Morgan fingerprint density at radius 2 is 1.67 bits per heavy atom. The average Bonchev–Trinajstić information content (AvgIpc) is 2.13. The molecule has 70 valence electrons. The summed E-state index contributed by atoms with van der Waals surface area (Å²) in [6.45, 7) is 5.96. The molecule has 3 heteroatoms. The van der Waals surface area contributed by atoms with E-state index in [9.17, 15) is 0 Å². The number of rotatable bonds is 6. The molecule has 1 unspecified atom stereocenters. The number of nitriles is 1. The standard InChI is InChI=1S/C9H17NO2/c1-4-8(5-2)11-12-9(6-3)7-10/h8-9H,4-6H2,1-3H3. The Labute approximate surface area is 74.2 Å². The molecule has 0 bridgehead atoms. The summed E-state index contributed by atoms with van der Waals surface area (Å²) in [6.07, 6.45) is 2.19. The van der Waals surface area contributed by atoms with Crippen molar-refractivity contribution in [2.75, 3.05) is 0 Å². The van der Waals surface area contributed by atoms with Gasteiger partial charge in [-0.15, -0.1) is 0 Å². The molecule has 0 rings (SSSR count). The van der Waals surface area contributed by atoms with Crippen LogP contribution in [-0.4, -0.2) is 12.2 Å². The molecule has 0 N–H and O–H groups in total. The van der Waals surface area contributed by atoms with Gasteiger partial charge in [0.05, 0.1) is 12.2 Å². The average molecular weight is 171 g/mol. The summed E-state index contributed by atoms with van der Waals surface area (Å²) in [4.78, 5) is 9.99. The van der Waals surface area contributed by atoms with Crippen LogP contribution in [0.3, 0.4) is 0 Å². The van der Waals surface area contributed by atoms with Gasteiger partial charge < -0.3 is 0 Å². The van der Waals surface area contributed by atoms with E-state index in [2.05, 4.69) is 0 Å². The predicted molar refractivity (Wildman–Crippen MR) is 46.2 cm³/mol. The molecule has 1 atom stereocenters. The van der Waals surface area contributed by atoms with Crippen LogP contribution in [0.25, 0.3) is 0 Å². The monoisotopic (exact) mass is 171 g/mol. The van der Waals surface area contributed by atoms with Gasteiger partial charge in [-0.1, -0.05) is 20.8 Å². The molecule has 0 aliphatic rings. The normalized spacial score (nSPS) is 12.9. The van der Waals surface area contributed by atoms with Gasteiger partial charge in [0.25, 0.3) is 0 Å². The van der Waals surface area contributed by atoms with E-state index in [-0.39, 0.29) is 6.10 Å². The van der Waals surface area contributed by atoms with Crippen molar-refractivity contribution in [2.24, 2.45) is 0 Å². The van der Waals surface area contributed by atoms with E-state index in [1.807, 2.05) is 26.8 Å². The van der Waals surface area contributed by atoms with E-state index in [0.717, 1.165) is 12.8 Å². The maximum atomic E-state index is 8.53. The second-order valence-corrected chi connectivity index (χ2v) is 2.66. The highest BCUT2D eigenvalue weighted by Gasteiger charge is 2.09. The lowest BCUT2D eigenvalue weighted by atomic mass is 10.2. The molecule has 12 heavy (non-hydrogen) atoms. The summed E-state index contributed by atoms with van der Waals surface area (Å²) in [7, 11) is 0. The van der Waals surface area contributed by atoms with E-state index < -0.39 is 6.10 Å². The van der Waals surface area contributed by atoms with Crippen molar-refractivity contribution in [3.8, 4) is 6.07 Å². The van der Waals surface area contributed by atoms with Crippen LogP contribution in [-0.2, 0) is 9.78 Å². The third kappa shape index (κ3) is 4.32. The van der Waals surface area contributed by atoms with Gasteiger partial charge in [0.1, 0.15) is 0 Å². The van der Waals surface area contributed by atoms with Crippen molar-refractivity contribution in [3.63, 3.8) is 0 Å². The van der Waals surface area contributed by atoms with Crippen molar-refractivity contribution in [1.82, 2.24) is 0 Å². The van der Waals surface area contributed by atoms with Gasteiger partial charge in [-0.3, -0.25) is 0 Å². The van der Waals surface area contributed by atoms with Gasteiger partial charge in [-0.05, 0) is 19.3 Å². The van der Waals surface area contributed by atoms with Gasteiger partial charge in [0.15, 0.2) is 6.10 Å². The fraction of sp³-hybridized carbons (Fsp3) is 0.889. The molecular formula is C9H17NO2. The van der Waals surface area contributed by atoms with Crippen LogP contribution in [0.1, 0.15) is 40.0 Å². The summed E-state index contributed by atoms with van der Waals surface area (Å²) < 4.78 is 0. The van der Waals surface area contributed by atoms with Gasteiger partial charge in [-0.2, -0.15) is 5.26 Å². The lowest BCUT2D eigenvalue weighted by Crippen LogP contribution is -2.16. The van der Waals surface area contributed by atoms with E-state index in [4.69, 9.17) is 15.0 Å². The van der Waals surface area contributed by atoms with Gasteiger partial charge in [-0.25, -0.2) is 9.78 Å². The van der Waals surface area contributed by atoms with Crippen LogP contribution in [0.15, 0.2) is 0 Å². The topological polar surface area (TPSA) is 42.2 Å². The summed E-state index contributed by atoms with van der Waals surface area (Å²) >= 11 is 0. The summed E-state index contributed by atoms with van der Waals surface area (Å²) in [6, 6.07) is 2.01. The van der Waals surface area contributed by atoms with Crippen molar-refractivity contribution >= 4 is 0 Å². The summed E-state index contributed by atoms with van der Waals surface area (Å²) in [5.41, 5.74) is 0. The molecule has 0 aliphatic carbocycles. The van der Waals surface area contributed by atoms with E-state index in [1.54, 1.807) is 0 Å². The third-order valence-electron chi connectivity index (χ3n) is 1.73. The minimum atomic E-state index is -0.425. The minimum Gasteiger partial charge on any atom is -0.232 e. The van der Waals surface area contributed by atoms with Crippen LogP contribution in [0, 0.1) is 11.3 Å². The SMILES string of the molecule is CCC(C#N)OOC(CC)CC. The Balaban J connectivity index is 3.58. The molecule has 0 heterocycles. The first-order chi connectivity index (χ1) is 5.78. The van der Waals surface area contributed by atoms with Crippen LogP contribution in [0.4, 0.5) is 0 Å². The molecule has 0 aliphatic heterocycles. The Kier molecular flexibility index (Phi) is 6.73. The molecular weight excluding hydrogens is 154 g/mol. The van der Waals surface area contributed by atoms with E-state index >= 15 is 0 Å². The highest BCUT2D eigenvalue weighted by atomic mass is 17.2. The first kappa shape index (κ1) is 11.4. The summed E-state index contributed by atoms with van der Waals surface area (Å²) in [5.74, 6) is 0.